The number of nitrogens with one attached hydrogen (secondary N) is 1. The minimum absolute atomic E-state index is 0.108. The molecule has 0 bridgehead atoms. The third-order valence-electron chi connectivity index (χ3n) is 1.54. The van der Waals surface area contributed by atoms with Crippen molar-refractivity contribution in [1.29, 1.82) is 5.26 Å². The van der Waals surface area contributed by atoms with Gasteiger partial charge in [-0.2, -0.15) is 10.4 Å². The zero-order valence-electron chi connectivity index (χ0n) is 8.51. The predicted molar refractivity (Wildman–Crippen MR) is 63.6 cm³/mol. The summed E-state index contributed by atoms with van der Waals surface area (Å²) in [6.45, 7) is 0. The van der Waals surface area contributed by atoms with Crippen molar-refractivity contribution < 1.29 is 4.84 Å². The number of nitrogens with zero attached hydrogens (tertiary/aromatic N) is 3. The molecular formula is C10H9ClN4O. The van der Waals surface area contributed by atoms with E-state index < -0.39 is 0 Å². The first-order chi connectivity index (χ1) is 7.76. The molecule has 0 aliphatic heterocycles. The van der Waals surface area contributed by atoms with Crippen molar-refractivity contribution in [1.82, 2.24) is 0 Å². The molecular weight excluding hydrogens is 228 g/mol. The van der Waals surface area contributed by atoms with Gasteiger partial charge in [-0.1, -0.05) is 16.8 Å². The largest absolute Gasteiger partial charge is 0.399 e. The fourth-order valence-corrected chi connectivity index (χ4v) is 0.961. The maximum absolute atomic E-state index is 8.69. The highest BCUT2D eigenvalue weighted by Gasteiger charge is 1.93. The minimum atomic E-state index is 0.108. The van der Waals surface area contributed by atoms with Crippen molar-refractivity contribution in [3.63, 3.8) is 0 Å². The SMILES string of the molecule is CO/N=C/C(C#N)=N/Nc1ccc(Cl)cc1. The van der Waals surface area contributed by atoms with E-state index in [-0.39, 0.29) is 5.71 Å². The van der Waals surface area contributed by atoms with Crippen LogP contribution in [0.5, 0.6) is 0 Å². The van der Waals surface area contributed by atoms with Crippen LogP contribution >= 0.6 is 11.6 Å². The Hall–Kier alpha value is -2.06. The van der Waals surface area contributed by atoms with Crippen molar-refractivity contribution in [2.24, 2.45) is 10.3 Å². The van der Waals surface area contributed by atoms with Crippen molar-refractivity contribution >= 4 is 29.2 Å². The molecule has 0 aromatic heterocycles. The van der Waals surface area contributed by atoms with E-state index in [0.29, 0.717) is 5.02 Å². The molecule has 6 heteroatoms. The lowest BCUT2D eigenvalue weighted by Gasteiger charge is -1.99. The summed E-state index contributed by atoms with van der Waals surface area (Å²) in [6.07, 6.45) is 1.21. The quantitative estimate of drug-likeness (QED) is 0.644. The Kier molecular flexibility index (Phi) is 4.83. The van der Waals surface area contributed by atoms with E-state index in [4.69, 9.17) is 16.9 Å². The fraction of sp³-hybridized carbons (Fsp3) is 0.100. The van der Waals surface area contributed by atoms with Crippen LogP contribution in [0.2, 0.25) is 5.02 Å². The Morgan fingerprint density at radius 3 is 2.75 bits per heavy atom. The van der Waals surface area contributed by atoms with Crippen LogP contribution in [0.1, 0.15) is 0 Å². The van der Waals surface area contributed by atoms with E-state index in [0.717, 1.165) is 5.69 Å². The number of hydrogen-bond acceptors (Lipinski definition) is 5. The molecule has 0 saturated heterocycles. The molecule has 0 atom stereocenters. The van der Waals surface area contributed by atoms with E-state index in [1.54, 1.807) is 24.3 Å². The lowest BCUT2D eigenvalue weighted by Crippen LogP contribution is -2.01. The van der Waals surface area contributed by atoms with Crippen LogP contribution in [-0.2, 0) is 4.84 Å². The van der Waals surface area contributed by atoms with Gasteiger partial charge in [0.05, 0.1) is 5.69 Å². The second-order valence-electron chi connectivity index (χ2n) is 2.64. The van der Waals surface area contributed by atoms with E-state index >= 15 is 0 Å². The zero-order valence-corrected chi connectivity index (χ0v) is 9.27. The average molecular weight is 237 g/mol. The number of oxime groups is 1. The number of benzene rings is 1. The number of anilines is 1. The van der Waals surface area contributed by atoms with E-state index in [1.807, 2.05) is 6.07 Å². The topological polar surface area (TPSA) is 69.8 Å². The summed E-state index contributed by atoms with van der Waals surface area (Å²) in [5.74, 6) is 0. The van der Waals surface area contributed by atoms with Crippen LogP contribution in [0.15, 0.2) is 34.5 Å². The van der Waals surface area contributed by atoms with Gasteiger partial charge >= 0.3 is 0 Å². The first kappa shape index (κ1) is 12.0. The fourth-order valence-electron chi connectivity index (χ4n) is 0.835. The van der Waals surface area contributed by atoms with Crippen molar-refractivity contribution in [2.75, 3.05) is 12.5 Å². The van der Waals surface area contributed by atoms with Crippen molar-refractivity contribution in [3.05, 3.63) is 29.3 Å². The summed E-state index contributed by atoms with van der Waals surface area (Å²) in [5.41, 5.74) is 3.52. The molecule has 0 amide bonds. The number of nitriles is 1. The first-order valence-electron chi connectivity index (χ1n) is 4.32. The lowest BCUT2D eigenvalue weighted by molar-refractivity contribution is 0.216. The highest BCUT2D eigenvalue weighted by atomic mass is 35.5. The molecule has 1 aromatic carbocycles. The molecule has 16 heavy (non-hydrogen) atoms. The molecule has 5 nitrogen and oxygen atoms in total. The molecule has 0 unspecified atom stereocenters. The van der Waals surface area contributed by atoms with Gasteiger partial charge in [0, 0.05) is 5.02 Å². The molecule has 0 aliphatic rings. The van der Waals surface area contributed by atoms with E-state index in [1.165, 1.54) is 13.3 Å². The van der Waals surface area contributed by atoms with Gasteiger partial charge < -0.3 is 4.84 Å². The monoisotopic (exact) mass is 236 g/mol. The standard InChI is InChI=1S/C10H9ClN4O/c1-16-13-7-10(6-12)15-14-9-4-2-8(11)3-5-9/h2-5,7,14H,1H3/b13-7+,15-10+. The second-order valence-corrected chi connectivity index (χ2v) is 3.08. The second kappa shape index (κ2) is 6.43. The molecule has 0 radical (unpaired) electrons. The number of halogens is 1. The Labute approximate surface area is 98.0 Å². The molecule has 0 heterocycles. The molecule has 82 valence electrons. The molecule has 1 N–H and O–H groups in total. The molecule has 0 saturated carbocycles. The molecule has 1 aromatic rings. The molecule has 1 rings (SSSR count). The van der Waals surface area contributed by atoms with Gasteiger partial charge in [0.25, 0.3) is 0 Å². The maximum Gasteiger partial charge on any atom is 0.182 e. The smallest absolute Gasteiger partial charge is 0.182 e. The number of rotatable bonds is 4. The Morgan fingerprint density at radius 1 is 1.50 bits per heavy atom. The van der Waals surface area contributed by atoms with Gasteiger partial charge in [0.2, 0.25) is 0 Å². The Morgan fingerprint density at radius 2 is 2.19 bits per heavy atom. The summed E-state index contributed by atoms with van der Waals surface area (Å²) in [7, 11) is 1.39. The van der Waals surface area contributed by atoms with Crippen LogP contribution in [0, 0.1) is 11.3 Å². The van der Waals surface area contributed by atoms with Crippen LogP contribution in [0.3, 0.4) is 0 Å². The summed E-state index contributed by atoms with van der Waals surface area (Å²) >= 11 is 5.72. The highest BCUT2D eigenvalue weighted by molar-refractivity contribution is 6.37. The molecule has 0 aliphatic carbocycles. The highest BCUT2D eigenvalue weighted by Crippen LogP contribution is 2.12. The van der Waals surface area contributed by atoms with Gasteiger partial charge in [-0.25, -0.2) is 0 Å². The lowest BCUT2D eigenvalue weighted by atomic mass is 10.3. The average Bonchev–Trinajstić information content (AvgIpc) is 2.32. The van der Waals surface area contributed by atoms with Crippen molar-refractivity contribution in [3.8, 4) is 6.07 Å². The third kappa shape index (κ3) is 3.98. The maximum atomic E-state index is 8.69. The molecule has 0 spiro atoms. The Balaban J connectivity index is 2.67. The summed E-state index contributed by atoms with van der Waals surface area (Å²) in [6, 6.07) is 8.77. The van der Waals surface area contributed by atoms with Gasteiger partial charge in [0.1, 0.15) is 19.4 Å². The summed E-state index contributed by atoms with van der Waals surface area (Å²) in [5, 5.41) is 16.6. The van der Waals surface area contributed by atoms with Crippen molar-refractivity contribution in [2.45, 2.75) is 0 Å². The van der Waals surface area contributed by atoms with Crippen LogP contribution in [0.4, 0.5) is 5.69 Å². The van der Waals surface area contributed by atoms with Crippen LogP contribution in [0.25, 0.3) is 0 Å². The van der Waals surface area contributed by atoms with Gasteiger partial charge in [-0.3, -0.25) is 5.43 Å². The number of hydrogen-bond donors (Lipinski definition) is 1. The first-order valence-corrected chi connectivity index (χ1v) is 4.70. The third-order valence-corrected chi connectivity index (χ3v) is 1.80. The van der Waals surface area contributed by atoms with Crippen LogP contribution < -0.4 is 5.43 Å². The van der Waals surface area contributed by atoms with Gasteiger partial charge in [-0.15, -0.1) is 0 Å². The number of hydrazone groups is 1. The van der Waals surface area contributed by atoms with Crippen LogP contribution in [-0.4, -0.2) is 19.0 Å². The van der Waals surface area contributed by atoms with Gasteiger partial charge in [0.15, 0.2) is 5.71 Å². The summed E-state index contributed by atoms with van der Waals surface area (Å²) < 4.78 is 0. The molecule has 0 fully saturated rings. The normalized spacial score (nSPS) is 11.2. The predicted octanol–water partition coefficient (Wildman–Crippen LogP) is 2.26. The van der Waals surface area contributed by atoms with Gasteiger partial charge in [-0.05, 0) is 24.3 Å². The minimum Gasteiger partial charge on any atom is -0.399 e. The zero-order chi connectivity index (χ0) is 11.8. The van der Waals surface area contributed by atoms with E-state index in [9.17, 15) is 0 Å². The summed E-state index contributed by atoms with van der Waals surface area (Å²) in [4.78, 5) is 4.43. The van der Waals surface area contributed by atoms with E-state index in [2.05, 4.69) is 20.5 Å². The Bertz CT molecular complexity index is 433.